The van der Waals surface area contributed by atoms with E-state index in [1.807, 2.05) is 0 Å². The molecule has 1 aromatic carbocycles. The molecule has 2 saturated heterocycles. The first-order valence-electron chi connectivity index (χ1n) is 11.3. The van der Waals surface area contributed by atoms with Crippen LogP contribution in [0.3, 0.4) is 0 Å². The summed E-state index contributed by atoms with van der Waals surface area (Å²) in [7, 11) is 0. The summed E-state index contributed by atoms with van der Waals surface area (Å²) in [6.45, 7) is 17.6. The van der Waals surface area contributed by atoms with Crippen LogP contribution in [0.2, 0.25) is 0 Å². The number of carbonyl (C=O) groups is 1. The number of piperazine rings is 1. The number of likely N-dealkylation sites (N-methyl/N-ethyl adjacent to an activating group) is 1. The Labute approximate surface area is 181 Å². The molecule has 0 saturated carbocycles. The fourth-order valence-corrected chi connectivity index (χ4v) is 4.20. The molecule has 2 aliphatic heterocycles. The van der Waals surface area contributed by atoms with Crippen molar-refractivity contribution in [2.24, 2.45) is 0 Å². The maximum absolute atomic E-state index is 12.4. The molecule has 7 heteroatoms. The molecule has 0 spiro atoms. The Balaban J connectivity index is 1.45. The molecule has 3 rings (SSSR count). The van der Waals surface area contributed by atoms with Crippen molar-refractivity contribution in [1.29, 1.82) is 0 Å². The predicted octanol–water partition coefficient (Wildman–Crippen LogP) is 1.73. The van der Waals surface area contributed by atoms with Crippen molar-refractivity contribution in [3.8, 4) is 0 Å². The quantitative estimate of drug-likeness (QED) is 0.675. The smallest absolute Gasteiger partial charge is 0.315 e. The van der Waals surface area contributed by atoms with Gasteiger partial charge in [-0.05, 0) is 31.5 Å². The van der Waals surface area contributed by atoms with E-state index in [0.29, 0.717) is 13.1 Å². The van der Waals surface area contributed by atoms with Gasteiger partial charge in [-0.15, -0.1) is 0 Å². The first-order valence-corrected chi connectivity index (χ1v) is 11.3. The number of amides is 2. The number of nitrogens with zero attached hydrogens (tertiary/aromatic N) is 3. The number of rotatable bonds is 8. The Morgan fingerprint density at radius 2 is 1.60 bits per heavy atom. The van der Waals surface area contributed by atoms with Crippen LogP contribution in [-0.4, -0.2) is 91.8 Å². The lowest BCUT2D eigenvalue weighted by Crippen LogP contribution is -2.56. The van der Waals surface area contributed by atoms with Crippen LogP contribution in [0.1, 0.15) is 31.9 Å². The van der Waals surface area contributed by atoms with Crippen molar-refractivity contribution < 1.29 is 9.53 Å². The fraction of sp³-hybridized carbons (Fsp3) is 0.696. The standard InChI is InChI=1S/C23H39N5O2/c1-4-26-9-11-27(12-10-26)18-21-8-6-5-7-20(21)17-24-22(29)25-19-23(2,3)28-13-15-30-16-14-28/h5-8H,4,9-19H2,1-3H3,(H2,24,25,29). The van der Waals surface area contributed by atoms with E-state index in [0.717, 1.165) is 65.6 Å². The molecular weight excluding hydrogens is 378 g/mol. The first-order chi connectivity index (χ1) is 14.5. The number of ether oxygens (including phenoxy) is 1. The third-order valence-corrected chi connectivity index (χ3v) is 6.41. The van der Waals surface area contributed by atoms with Gasteiger partial charge in [-0.2, -0.15) is 0 Å². The zero-order valence-electron chi connectivity index (χ0n) is 19.0. The second-order valence-electron chi connectivity index (χ2n) is 8.93. The Kier molecular flexibility index (Phi) is 8.50. The molecular formula is C23H39N5O2. The highest BCUT2D eigenvalue weighted by Crippen LogP contribution is 2.16. The molecule has 0 aromatic heterocycles. The van der Waals surface area contributed by atoms with E-state index in [-0.39, 0.29) is 11.6 Å². The lowest BCUT2D eigenvalue weighted by molar-refractivity contribution is -0.00874. The summed E-state index contributed by atoms with van der Waals surface area (Å²) in [5.74, 6) is 0. The van der Waals surface area contributed by atoms with E-state index < -0.39 is 0 Å². The maximum Gasteiger partial charge on any atom is 0.315 e. The highest BCUT2D eigenvalue weighted by atomic mass is 16.5. The van der Waals surface area contributed by atoms with Gasteiger partial charge in [-0.3, -0.25) is 9.80 Å². The molecule has 0 atom stereocenters. The van der Waals surface area contributed by atoms with Crippen LogP contribution < -0.4 is 10.6 Å². The Hall–Kier alpha value is -1.67. The number of carbonyl (C=O) groups excluding carboxylic acids is 1. The average Bonchev–Trinajstić information content (AvgIpc) is 2.78. The maximum atomic E-state index is 12.4. The topological polar surface area (TPSA) is 60.1 Å². The minimum absolute atomic E-state index is 0.0837. The van der Waals surface area contributed by atoms with E-state index in [1.54, 1.807) is 0 Å². The molecule has 2 aliphatic rings. The zero-order chi connectivity index (χ0) is 21.4. The van der Waals surface area contributed by atoms with Gasteiger partial charge in [0.2, 0.25) is 0 Å². The molecule has 2 heterocycles. The van der Waals surface area contributed by atoms with Gasteiger partial charge >= 0.3 is 6.03 Å². The van der Waals surface area contributed by atoms with Crippen LogP contribution in [0, 0.1) is 0 Å². The molecule has 0 unspecified atom stereocenters. The molecule has 0 aliphatic carbocycles. The van der Waals surface area contributed by atoms with Crippen molar-refractivity contribution in [2.45, 2.75) is 39.4 Å². The van der Waals surface area contributed by atoms with E-state index in [4.69, 9.17) is 4.74 Å². The van der Waals surface area contributed by atoms with Gasteiger partial charge in [0.25, 0.3) is 0 Å². The first kappa shape index (κ1) is 23.0. The molecule has 2 amide bonds. The largest absolute Gasteiger partial charge is 0.379 e. The third kappa shape index (κ3) is 6.67. The second kappa shape index (κ2) is 11.1. The molecule has 2 fully saturated rings. The summed E-state index contributed by atoms with van der Waals surface area (Å²) in [4.78, 5) is 19.8. The van der Waals surface area contributed by atoms with Gasteiger partial charge in [0.15, 0.2) is 0 Å². The number of morpholine rings is 1. The van der Waals surface area contributed by atoms with Gasteiger partial charge in [-0.1, -0.05) is 31.2 Å². The summed E-state index contributed by atoms with van der Waals surface area (Å²) < 4.78 is 5.44. The molecule has 7 nitrogen and oxygen atoms in total. The monoisotopic (exact) mass is 417 g/mol. The van der Waals surface area contributed by atoms with Crippen LogP contribution in [0.25, 0.3) is 0 Å². The van der Waals surface area contributed by atoms with Crippen molar-refractivity contribution in [3.63, 3.8) is 0 Å². The van der Waals surface area contributed by atoms with Crippen LogP contribution in [0.4, 0.5) is 4.79 Å². The summed E-state index contributed by atoms with van der Waals surface area (Å²) in [6, 6.07) is 8.34. The third-order valence-electron chi connectivity index (χ3n) is 6.41. The van der Waals surface area contributed by atoms with E-state index in [9.17, 15) is 4.79 Å². The number of urea groups is 1. The molecule has 2 N–H and O–H groups in total. The lowest BCUT2D eigenvalue weighted by atomic mass is 10.0. The van der Waals surface area contributed by atoms with Crippen LogP contribution in [-0.2, 0) is 17.8 Å². The zero-order valence-corrected chi connectivity index (χ0v) is 19.0. The van der Waals surface area contributed by atoms with E-state index >= 15 is 0 Å². The van der Waals surface area contributed by atoms with Gasteiger partial charge in [0, 0.05) is 64.4 Å². The number of hydrogen-bond donors (Lipinski definition) is 2. The fourth-order valence-electron chi connectivity index (χ4n) is 4.20. The van der Waals surface area contributed by atoms with Crippen molar-refractivity contribution in [2.75, 3.05) is 65.6 Å². The van der Waals surface area contributed by atoms with Gasteiger partial charge < -0.3 is 20.3 Å². The summed E-state index contributed by atoms with van der Waals surface area (Å²) in [6.07, 6.45) is 0. The molecule has 0 radical (unpaired) electrons. The summed E-state index contributed by atoms with van der Waals surface area (Å²) >= 11 is 0. The number of benzene rings is 1. The summed E-state index contributed by atoms with van der Waals surface area (Å²) in [5, 5.41) is 6.10. The second-order valence-corrected chi connectivity index (χ2v) is 8.93. The SMILES string of the molecule is CCN1CCN(Cc2ccccc2CNC(=O)NCC(C)(C)N2CCOCC2)CC1. The van der Waals surface area contributed by atoms with Crippen LogP contribution >= 0.6 is 0 Å². The van der Waals surface area contributed by atoms with Gasteiger partial charge in [0.05, 0.1) is 13.2 Å². The van der Waals surface area contributed by atoms with Gasteiger partial charge in [-0.25, -0.2) is 4.79 Å². The lowest BCUT2D eigenvalue weighted by Gasteiger charge is -2.40. The van der Waals surface area contributed by atoms with Gasteiger partial charge in [0.1, 0.15) is 0 Å². The normalized spacial score (nSPS) is 19.6. The molecule has 1 aromatic rings. The Bertz CT molecular complexity index is 667. The number of hydrogen-bond acceptors (Lipinski definition) is 5. The molecule has 0 bridgehead atoms. The minimum Gasteiger partial charge on any atom is -0.379 e. The minimum atomic E-state index is -0.109. The van der Waals surface area contributed by atoms with Crippen LogP contribution in [0.5, 0.6) is 0 Å². The predicted molar refractivity (Wildman–Crippen MR) is 121 cm³/mol. The highest BCUT2D eigenvalue weighted by Gasteiger charge is 2.28. The van der Waals surface area contributed by atoms with Crippen LogP contribution in [0.15, 0.2) is 24.3 Å². The molecule has 30 heavy (non-hydrogen) atoms. The number of nitrogens with one attached hydrogen (secondary N) is 2. The van der Waals surface area contributed by atoms with Crippen molar-refractivity contribution in [1.82, 2.24) is 25.3 Å². The molecule has 168 valence electrons. The Morgan fingerprint density at radius 3 is 2.27 bits per heavy atom. The van der Waals surface area contributed by atoms with E-state index in [1.165, 1.54) is 11.1 Å². The highest BCUT2D eigenvalue weighted by molar-refractivity contribution is 5.74. The average molecular weight is 418 g/mol. The van der Waals surface area contributed by atoms with Crippen molar-refractivity contribution in [3.05, 3.63) is 35.4 Å². The summed E-state index contributed by atoms with van der Waals surface area (Å²) in [5.41, 5.74) is 2.41. The van der Waals surface area contributed by atoms with Crippen molar-refractivity contribution >= 4 is 6.03 Å². The Morgan fingerprint density at radius 1 is 0.967 bits per heavy atom. The van der Waals surface area contributed by atoms with E-state index in [2.05, 4.69) is 70.4 Å².